The Hall–Kier alpha value is -2.90. The number of nitrogens with one attached hydrogen (secondary N) is 2. The Morgan fingerprint density at radius 3 is 2.86 bits per heavy atom. The van der Waals surface area contributed by atoms with E-state index in [0.717, 1.165) is 22.7 Å². The second kappa shape index (κ2) is 7.17. The molecule has 3 N–H and O–H groups in total. The van der Waals surface area contributed by atoms with Crippen molar-refractivity contribution in [1.29, 1.82) is 0 Å². The quantitative estimate of drug-likeness (QED) is 0.572. The summed E-state index contributed by atoms with van der Waals surface area (Å²) in [5.74, 6) is -2.03. The van der Waals surface area contributed by atoms with Gasteiger partial charge >= 0.3 is 0 Å². The summed E-state index contributed by atoms with van der Waals surface area (Å²) in [7, 11) is 0. The first-order chi connectivity index (χ1) is 13.8. The molecule has 2 amide bonds. The maximum atomic E-state index is 13.4. The molecule has 2 heterocycles. The number of aliphatic hydroxyl groups is 1. The van der Waals surface area contributed by atoms with Gasteiger partial charge in [-0.1, -0.05) is 11.6 Å². The second-order valence-electron chi connectivity index (χ2n) is 7.25. The van der Waals surface area contributed by atoms with Crippen molar-refractivity contribution in [1.82, 2.24) is 10.3 Å². The molecule has 0 spiro atoms. The van der Waals surface area contributed by atoms with Crippen molar-refractivity contribution in [2.75, 3.05) is 11.4 Å². The van der Waals surface area contributed by atoms with Crippen molar-refractivity contribution < 1.29 is 19.1 Å². The van der Waals surface area contributed by atoms with E-state index < -0.39 is 23.2 Å². The van der Waals surface area contributed by atoms with Crippen LogP contribution in [0.4, 0.5) is 10.1 Å². The highest BCUT2D eigenvalue weighted by Crippen LogP contribution is 2.31. The van der Waals surface area contributed by atoms with Crippen LogP contribution in [0.2, 0.25) is 5.02 Å². The number of rotatable bonds is 4. The van der Waals surface area contributed by atoms with Crippen LogP contribution in [-0.4, -0.2) is 34.1 Å². The molecule has 0 bridgehead atoms. The lowest BCUT2D eigenvalue weighted by atomic mass is 10.0. The number of anilines is 1. The predicted molar refractivity (Wildman–Crippen MR) is 108 cm³/mol. The van der Waals surface area contributed by atoms with Gasteiger partial charge in [0.25, 0.3) is 11.8 Å². The van der Waals surface area contributed by atoms with Gasteiger partial charge in [-0.15, -0.1) is 0 Å². The Labute approximate surface area is 171 Å². The van der Waals surface area contributed by atoms with Crippen LogP contribution in [0.5, 0.6) is 0 Å². The van der Waals surface area contributed by atoms with Crippen LogP contribution in [-0.2, 0) is 16.1 Å². The molecule has 2 aromatic carbocycles. The number of hydrogen-bond acceptors (Lipinski definition) is 3. The highest BCUT2D eigenvalue weighted by atomic mass is 35.5. The van der Waals surface area contributed by atoms with Gasteiger partial charge in [0.05, 0.1) is 0 Å². The fourth-order valence-corrected chi connectivity index (χ4v) is 3.88. The Balaban J connectivity index is 1.50. The molecule has 1 aromatic heterocycles. The number of halogens is 2. The van der Waals surface area contributed by atoms with Crippen LogP contribution in [0.25, 0.3) is 10.9 Å². The minimum Gasteiger partial charge on any atom is -0.372 e. The van der Waals surface area contributed by atoms with Crippen molar-refractivity contribution in [3.63, 3.8) is 0 Å². The largest absolute Gasteiger partial charge is 0.372 e. The third kappa shape index (κ3) is 3.59. The molecule has 0 saturated carbocycles. The highest BCUT2D eigenvalue weighted by Gasteiger charge is 2.51. The summed E-state index contributed by atoms with van der Waals surface area (Å²) in [5.41, 5.74) is 0.822. The van der Waals surface area contributed by atoms with E-state index in [-0.39, 0.29) is 24.5 Å². The number of aromatic nitrogens is 1. The molecule has 150 valence electrons. The third-order valence-corrected chi connectivity index (χ3v) is 5.32. The number of H-pyrrole nitrogens is 1. The summed E-state index contributed by atoms with van der Waals surface area (Å²) in [6.45, 7) is 2.10. The Morgan fingerprint density at radius 2 is 2.10 bits per heavy atom. The topological polar surface area (TPSA) is 85.4 Å². The molecule has 8 heteroatoms. The zero-order chi connectivity index (χ0) is 20.8. The lowest BCUT2D eigenvalue weighted by Gasteiger charge is -2.22. The number of aromatic amines is 1. The highest BCUT2D eigenvalue weighted by molar-refractivity contribution is 6.30. The molecule has 29 heavy (non-hydrogen) atoms. The van der Waals surface area contributed by atoms with E-state index in [9.17, 15) is 19.1 Å². The summed E-state index contributed by atoms with van der Waals surface area (Å²) in [4.78, 5) is 30.0. The van der Waals surface area contributed by atoms with Crippen LogP contribution in [0.3, 0.4) is 0 Å². The first kappa shape index (κ1) is 19.4. The van der Waals surface area contributed by atoms with Crippen molar-refractivity contribution >= 4 is 40.0 Å². The van der Waals surface area contributed by atoms with E-state index in [4.69, 9.17) is 11.6 Å². The number of benzene rings is 2. The van der Waals surface area contributed by atoms with Crippen LogP contribution in [0, 0.1) is 12.7 Å². The molecular weight excluding hydrogens is 397 g/mol. The summed E-state index contributed by atoms with van der Waals surface area (Å²) in [6, 6.07) is 11.3. The van der Waals surface area contributed by atoms with Gasteiger partial charge in [-0.3, -0.25) is 9.59 Å². The molecular formula is C21H19ClFN3O3. The number of hydrogen-bond donors (Lipinski definition) is 3. The van der Waals surface area contributed by atoms with Crippen LogP contribution < -0.4 is 10.2 Å². The summed E-state index contributed by atoms with van der Waals surface area (Å²) in [5, 5.41) is 14.4. The first-order valence-electron chi connectivity index (χ1n) is 9.13. The molecule has 6 nitrogen and oxygen atoms in total. The summed E-state index contributed by atoms with van der Waals surface area (Å²) < 4.78 is 13.4. The summed E-state index contributed by atoms with van der Waals surface area (Å²) >= 11 is 5.81. The molecule has 0 unspecified atom stereocenters. The van der Waals surface area contributed by atoms with Gasteiger partial charge in [-0.25, -0.2) is 4.39 Å². The van der Waals surface area contributed by atoms with Gasteiger partial charge in [-0.2, -0.15) is 0 Å². The van der Waals surface area contributed by atoms with Crippen LogP contribution in [0.15, 0.2) is 42.5 Å². The standard InChI is InChI=1S/C21H19ClFN3O3/c1-12-6-14-9-17(2-3-18(14)25-12)26-5-4-21(29,20(26)28)19(27)24-11-13-7-15(22)10-16(23)8-13/h2-3,6-10,25,29H,4-5,11H2,1H3,(H,24,27)/t21-/m0/s1. The van der Waals surface area contributed by atoms with E-state index >= 15 is 0 Å². The lowest BCUT2D eigenvalue weighted by Crippen LogP contribution is -2.52. The molecule has 0 aliphatic carbocycles. The lowest BCUT2D eigenvalue weighted by molar-refractivity contribution is -0.149. The number of fused-ring (bicyclic) bond motifs is 1. The maximum Gasteiger partial charge on any atom is 0.268 e. The van der Waals surface area contributed by atoms with E-state index in [1.807, 2.05) is 25.1 Å². The van der Waals surface area contributed by atoms with E-state index in [2.05, 4.69) is 10.3 Å². The molecule has 1 aliphatic rings. The monoisotopic (exact) mass is 415 g/mol. The first-order valence-corrected chi connectivity index (χ1v) is 9.51. The minimum absolute atomic E-state index is 0.0359. The average molecular weight is 416 g/mol. The number of nitrogens with zero attached hydrogens (tertiary/aromatic N) is 1. The molecule has 1 aliphatic heterocycles. The van der Waals surface area contributed by atoms with E-state index in [0.29, 0.717) is 11.3 Å². The number of aryl methyl sites for hydroxylation is 1. The van der Waals surface area contributed by atoms with Gasteiger partial charge in [0.1, 0.15) is 5.82 Å². The molecule has 1 atom stereocenters. The molecule has 4 rings (SSSR count). The maximum absolute atomic E-state index is 13.4. The van der Waals surface area contributed by atoms with Crippen molar-refractivity contribution in [2.45, 2.75) is 25.5 Å². The fraction of sp³-hybridized carbons (Fsp3) is 0.238. The molecule has 0 radical (unpaired) electrons. The smallest absolute Gasteiger partial charge is 0.268 e. The fourth-order valence-electron chi connectivity index (χ4n) is 3.64. The second-order valence-corrected chi connectivity index (χ2v) is 7.69. The van der Waals surface area contributed by atoms with Crippen molar-refractivity contribution in [3.8, 4) is 0 Å². The van der Waals surface area contributed by atoms with Gasteiger partial charge in [0, 0.05) is 46.8 Å². The van der Waals surface area contributed by atoms with Gasteiger partial charge in [0.15, 0.2) is 0 Å². The molecule has 3 aromatic rings. The summed E-state index contributed by atoms with van der Waals surface area (Å²) in [6.07, 6.45) is -0.0359. The molecule has 1 saturated heterocycles. The zero-order valence-corrected chi connectivity index (χ0v) is 16.4. The Morgan fingerprint density at radius 1 is 1.31 bits per heavy atom. The van der Waals surface area contributed by atoms with Crippen molar-refractivity contribution in [3.05, 3.63) is 64.6 Å². The SMILES string of the molecule is Cc1cc2cc(N3CC[C@](O)(C(=O)NCc4cc(F)cc(Cl)c4)C3=O)ccc2[nH]1. The Bertz CT molecular complexity index is 1110. The van der Waals surface area contributed by atoms with Gasteiger partial charge in [0.2, 0.25) is 5.60 Å². The Kier molecular flexibility index (Phi) is 4.80. The molecule has 1 fully saturated rings. The van der Waals surface area contributed by atoms with Gasteiger partial charge < -0.3 is 20.3 Å². The predicted octanol–water partition coefficient (Wildman–Crippen LogP) is 3.05. The number of amides is 2. The average Bonchev–Trinajstić information content (AvgIpc) is 3.18. The zero-order valence-electron chi connectivity index (χ0n) is 15.6. The normalized spacial score (nSPS) is 19.2. The van der Waals surface area contributed by atoms with Crippen LogP contribution >= 0.6 is 11.6 Å². The number of carbonyl (C=O) groups is 2. The van der Waals surface area contributed by atoms with Crippen LogP contribution in [0.1, 0.15) is 17.7 Å². The minimum atomic E-state index is -2.17. The third-order valence-electron chi connectivity index (χ3n) is 5.10. The van der Waals surface area contributed by atoms with Gasteiger partial charge in [-0.05, 0) is 55.0 Å². The van der Waals surface area contributed by atoms with Crippen molar-refractivity contribution in [2.24, 2.45) is 0 Å². The van der Waals surface area contributed by atoms with E-state index in [1.165, 1.54) is 17.0 Å². The van der Waals surface area contributed by atoms with E-state index in [1.54, 1.807) is 6.07 Å². The number of carbonyl (C=O) groups excluding carboxylic acids is 2.